The highest BCUT2D eigenvalue weighted by molar-refractivity contribution is 6.39. The second-order valence-electron chi connectivity index (χ2n) is 8.18. The second-order valence-corrected chi connectivity index (χ2v) is 8.59. The number of rotatable bonds is 9. The molecule has 3 aromatic rings. The summed E-state index contributed by atoms with van der Waals surface area (Å²) >= 11 is 6.47. The van der Waals surface area contributed by atoms with E-state index in [9.17, 15) is 14.4 Å². The Morgan fingerprint density at radius 1 is 0.868 bits per heavy atom. The standard InChI is InChI=1S/C28H25ClN2O7/c1-17-7-6-8-19(13-17)31-27(33)20(26(32)30-28(31)34)14-18-15-21(29)25(24(16-18)36-3)38-12-11-37-23-10-5-4-9-22(23)35-2/h4-10,13-16H,11-12H2,1-3H3,(H,30,32,34)/b20-14+. The van der Waals surface area contributed by atoms with E-state index in [1.165, 1.54) is 19.3 Å². The predicted molar refractivity (Wildman–Crippen MR) is 142 cm³/mol. The Morgan fingerprint density at radius 3 is 2.29 bits per heavy atom. The van der Waals surface area contributed by atoms with Crippen molar-refractivity contribution in [3.05, 3.63) is 82.4 Å². The highest BCUT2D eigenvalue weighted by Gasteiger charge is 2.37. The summed E-state index contributed by atoms with van der Waals surface area (Å²) in [5, 5.41) is 2.40. The molecule has 1 aliphatic rings. The van der Waals surface area contributed by atoms with Crippen molar-refractivity contribution in [2.24, 2.45) is 0 Å². The molecule has 0 aromatic heterocycles. The van der Waals surface area contributed by atoms with E-state index in [4.69, 9.17) is 30.5 Å². The molecular formula is C28H25ClN2O7. The molecule has 0 unspecified atom stereocenters. The highest BCUT2D eigenvalue weighted by atomic mass is 35.5. The molecule has 4 rings (SSSR count). The van der Waals surface area contributed by atoms with Crippen LogP contribution in [-0.4, -0.2) is 45.3 Å². The van der Waals surface area contributed by atoms with Crippen molar-refractivity contribution < 1.29 is 33.3 Å². The number of halogens is 1. The number of ether oxygens (including phenoxy) is 4. The molecule has 0 bridgehead atoms. The first kappa shape index (κ1) is 26.6. The number of imide groups is 2. The molecule has 0 radical (unpaired) electrons. The lowest BCUT2D eigenvalue weighted by atomic mass is 10.1. The summed E-state index contributed by atoms with van der Waals surface area (Å²) in [5.41, 5.74) is 1.37. The number of amides is 4. The summed E-state index contributed by atoms with van der Waals surface area (Å²) in [5.74, 6) is 0.172. The number of urea groups is 1. The molecule has 0 atom stereocenters. The Hall–Kier alpha value is -4.50. The van der Waals surface area contributed by atoms with Crippen LogP contribution in [0.5, 0.6) is 23.0 Å². The van der Waals surface area contributed by atoms with Gasteiger partial charge in [-0.1, -0.05) is 35.9 Å². The van der Waals surface area contributed by atoms with Gasteiger partial charge < -0.3 is 18.9 Å². The smallest absolute Gasteiger partial charge is 0.335 e. The summed E-state index contributed by atoms with van der Waals surface area (Å²) in [7, 11) is 3.00. The number of nitrogens with zero attached hydrogens (tertiary/aromatic N) is 1. The van der Waals surface area contributed by atoms with Crippen molar-refractivity contribution in [3.8, 4) is 23.0 Å². The van der Waals surface area contributed by atoms with Crippen molar-refractivity contribution in [3.63, 3.8) is 0 Å². The van der Waals surface area contributed by atoms with Crippen LogP contribution in [0.1, 0.15) is 11.1 Å². The van der Waals surface area contributed by atoms with Crippen LogP contribution in [0, 0.1) is 6.92 Å². The van der Waals surface area contributed by atoms with E-state index in [0.717, 1.165) is 10.5 Å². The van der Waals surface area contributed by atoms with Crippen molar-refractivity contribution in [2.75, 3.05) is 32.3 Å². The maximum absolute atomic E-state index is 13.2. The zero-order valence-corrected chi connectivity index (χ0v) is 21.7. The molecule has 1 fully saturated rings. The van der Waals surface area contributed by atoms with Crippen LogP contribution in [-0.2, 0) is 9.59 Å². The van der Waals surface area contributed by atoms with E-state index in [2.05, 4.69) is 5.32 Å². The first-order valence-corrected chi connectivity index (χ1v) is 11.9. The molecule has 1 aliphatic heterocycles. The summed E-state index contributed by atoms with van der Waals surface area (Å²) in [4.78, 5) is 39.1. The maximum Gasteiger partial charge on any atom is 0.335 e. The van der Waals surface area contributed by atoms with Crippen LogP contribution in [0.3, 0.4) is 0 Å². The molecule has 9 nitrogen and oxygen atoms in total. The number of benzene rings is 3. The zero-order valence-electron chi connectivity index (χ0n) is 20.9. The van der Waals surface area contributed by atoms with Gasteiger partial charge >= 0.3 is 6.03 Å². The molecule has 0 spiro atoms. The molecule has 38 heavy (non-hydrogen) atoms. The number of methoxy groups -OCH3 is 2. The number of aryl methyl sites for hydroxylation is 1. The Balaban J connectivity index is 1.53. The van der Waals surface area contributed by atoms with E-state index in [1.54, 1.807) is 43.5 Å². The minimum absolute atomic E-state index is 0.156. The first-order chi connectivity index (χ1) is 18.3. The fraction of sp³-hybridized carbons (Fsp3) is 0.179. The van der Waals surface area contributed by atoms with E-state index < -0.39 is 17.8 Å². The number of nitrogens with one attached hydrogen (secondary N) is 1. The number of hydrogen-bond donors (Lipinski definition) is 1. The molecule has 196 valence electrons. The third-order valence-corrected chi connectivity index (χ3v) is 5.86. The molecule has 4 amide bonds. The molecule has 1 saturated heterocycles. The molecule has 1 N–H and O–H groups in total. The normalized spacial score (nSPS) is 14.4. The SMILES string of the molecule is COc1ccccc1OCCOc1c(Cl)cc(/C=C2\C(=O)NC(=O)N(c3cccc(C)c3)C2=O)cc1OC. The minimum atomic E-state index is -0.822. The van der Waals surface area contributed by atoms with Crippen LogP contribution in [0.2, 0.25) is 5.02 Å². The Morgan fingerprint density at radius 2 is 1.58 bits per heavy atom. The molecule has 0 saturated carbocycles. The van der Waals surface area contributed by atoms with Gasteiger partial charge in [-0.3, -0.25) is 14.9 Å². The first-order valence-electron chi connectivity index (χ1n) is 11.6. The van der Waals surface area contributed by atoms with Gasteiger partial charge in [-0.2, -0.15) is 0 Å². The lowest BCUT2D eigenvalue weighted by Crippen LogP contribution is -2.54. The minimum Gasteiger partial charge on any atom is -0.493 e. The summed E-state index contributed by atoms with van der Waals surface area (Å²) in [6.07, 6.45) is 1.34. The van der Waals surface area contributed by atoms with Crippen LogP contribution < -0.4 is 29.2 Å². The number of hydrogen-bond acceptors (Lipinski definition) is 7. The van der Waals surface area contributed by atoms with Gasteiger partial charge in [0.15, 0.2) is 23.0 Å². The van der Waals surface area contributed by atoms with Gasteiger partial charge in [-0.05, 0) is 60.5 Å². The van der Waals surface area contributed by atoms with Gasteiger partial charge in [0.25, 0.3) is 11.8 Å². The lowest BCUT2D eigenvalue weighted by Gasteiger charge is -2.26. The molecule has 1 heterocycles. The molecule has 0 aliphatic carbocycles. The van der Waals surface area contributed by atoms with Crippen LogP contribution in [0.15, 0.2) is 66.2 Å². The van der Waals surface area contributed by atoms with Gasteiger partial charge in [0.2, 0.25) is 0 Å². The lowest BCUT2D eigenvalue weighted by molar-refractivity contribution is -0.122. The van der Waals surface area contributed by atoms with E-state index in [0.29, 0.717) is 22.7 Å². The van der Waals surface area contributed by atoms with Gasteiger partial charge in [-0.15, -0.1) is 0 Å². The van der Waals surface area contributed by atoms with Crippen LogP contribution in [0.4, 0.5) is 10.5 Å². The maximum atomic E-state index is 13.2. The van der Waals surface area contributed by atoms with Gasteiger partial charge in [0.1, 0.15) is 18.8 Å². The van der Waals surface area contributed by atoms with Gasteiger partial charge in [0, 0.05) is 0 Å². The van der Waals surface area contributed by atoms with Crippen LogP contribution >= 0.6 is 11.6 Å². The van der Waals surface area contributed by atoms with Gasteiger partial charge in [-0.25, -0.2) is 9.69 Å². The van der Waals surface area contributed by atoms with Crippen molar-refractivity contribution in [1.29, 1.82) is 0 Å². The quantitative estimate of drug-likeness (QED) is 0.238. The van der Waals surface area contributed by atoms with Crippen molar-refractivity contribution in [1.82, 2.24) is 5.32 Å². The van der Waals surface area contributed by atoms with E-state index in [-0.39, 0.29) is 35.3 Å². The topological polar surface area (TPSA) is 103 Å². The van der Waals surface area contributed by atoms with E-state index >= 15 is 0 Å². The third kappa shape index (κ3) is 5.73. The Bertz CT molecular complexity index is 1420. The number of anilines is 1. The van der Waals surface area contributed by atoms with Gasteiger partial charge in [0.05, 0.1) is 24.9 Å². The second kappa shape index (κ2) is 11.7. The summed E-state index contributed by atoms with van der Waals surface area (Å²) < 4.78 is 22.2. The van der Waals surface area contributed by atoms with E-state index in [1.807, 2.05) is 25.1 Å². The van der Waals surface area contributed by atoms with Crippen molar-refractivity contribution >= 4 is 41.2 Å². The number of barbiturate groups is 1. The number of para-hydroxylation sites is 2. The highest BCUT2D eigenvalue weighted by Crippen LogP contribution is 2.37. The number of carbonyl (C=O) groups excluding carboxylic acids is 3. The zero-order chi connectivity index (χ0) is 27.2. The summed E-state index contributed by atoms with van der Waals surface area (Å²) in [6, 6.07) is 16.4. The Labute approximate surface area is 224 Å². The van der Waals surface area contributed by atoms with Crippen LogP contribution in [0.25, 0.3) is 6.08 Å². The average Bonchev–Trinajstić information content (AvgIpc) is 2.89. The monoisotopic (exact) mass is 536 g/mol. The fourth-order valence-corrected chi connectivity index (χ4v) is 4.10. The number of carbonyl (C=O) groups is 3. The Kier molecular flexibility index (Phi) is 8.18. The third-order valence-electron chi connectivity index (χ3n) is 5.58. The fourth-order valence-electron chi connectivity index (χ4n) is 3.82. The molecule has 10 heteroatoms. The average molecular weight is 537 g/mol. The molecular weight excluding hydrogens is 512 g/mol. The van der Waals surface area contributed by atoms with Crippen molar-refractivity contribution in [2.45, 2.75) is 6.92 Å². The predicted octanol–water partition coefficient (Wildman–Crippen LogP) is 4.79. The molecule has 3 aromatic carbocycles. The largest absolute Gasteiger partial charge is 0.493 e. The summed E-state index contributed by atoms with van der Waals surface area (Å²) in [6.45, 7) is 2.20.